The number of alkyl carbamates (subject to hydrolysis) is 1. The molecule has 2 aliphatic carbocycles. The number of nitrogens with two attached hydrogens (primary N) is 1. The van der Waals surface area contributed by atoms with E-state index in [0.717, 1.165) is 32.1 Å². The highest BCUT2D eigenvalue weighted by Gasteiger charge is 2.38. The summed E-state index contributed by atoms with van der Waals surface area (Å²) in [5.74, 6) is 1.69. The highest BCUT2D eigenvalue weighted by Crippen LogP contribution is 2.35. The predicted octanol–water partition coefficient (Wildman–Crippen LogP) is 3.44. The van der Waals surface area contributed by atoms with Gasteiger partial charge in [0.2, 0.25) is 0 Å². The van der Waals surface area contributed by atoms with Crippen molar-refractivity contribution in [1.29, 1.82) is 0 Å². The molecular weight excluding hydrogens is 264 g/mol. The monoisotopic (exact) mass is 296 g/mol. The third-order valence-corrected chi connectivity index (χ3v) is 5.52. The molecule has 0 aromatic heterocycles. The van der Waals surface area contributed by atoms with Crippen LogP contribution in [-0.4, -0.2) is 23.8 Å². The zero-order valence-corrected chi connectivity index (χ0v) is 14.0. The van der Waals surface area contributed by atoms with Crippen molar-refractivity contribution in [1.82, 2.24) is 5.32 Å². The fraction of sp³-hybridized carbons (Fsp3) is 0.941. The number of hydrogen-bond acceptors (Lipinski definition) is 3. The Morgan fingerprint density at radius 1 is 1.33 bits per heavy atom. The molecular formula is C17H32N2O2. The lowest BCUT2D eigenvalue weighted by Gasteiger charge is -2.37. The van der Waals surface area contributed by atoms with Crippen LogP contribution < -0.4 is 11.1 Å². The van der Waals surface area contributed by atoms with Crippen molar-refractivity contribution in [2.75, 3.05) is 0 Å². The molecule has 2 fully saturated rings. The molecule has 3 N–H and O–H groups in total. The summed E-state index contributed by atoms with van der Waals surface area (Å²) in [7, 11) is 0. The number of ether oxygens (including phenoxy) is 1. The number of nitrogens with one attached hydrogen (secondary N) is 1. The van der Waals surface area contributed by atoms with Crippen molar-refractivity contribution >= 4 is 6.09 Å². The van der Waals surface area contributed by atoms with Crippen molar-refractivity contribution in [2.45, 2.75) is 83.9 Å². The summed E-state index contributed by atoms with van der Waals surface area (Å²) in [5.41, 5.74) is 5.94. The summed E-state index contributed by atoms with van der Waals surface area (Å²) in [4.78, 5) is 12.2. The topological polar surface area (TPSA) is 64.3 Å². The second-order valence-electron chi connectivity index (χ2n) is 7.86. The summed E-state index contributed by atoms with van der Waals surface area (Å²) in [6.45, 7) is 8.72. The van der Waals surface area contributed by atoms with Crippen LogP contribution in [0.5, 0.6) is 0 Å². The Labute approximate surface area is 129 Å². The lowest BCUT2D eigenvalue weighted by molar-refractivity contribution is 0.00424. The standard InChI is InChI=1S/C17H32N2O2/c1-11(2)13-8-7-12(3)10-14(13)21-16(20)19-15-6-5-9-17(15,4)18/h11-15H,5-10,18H2,1-4H3,(H,19,20)/t12?,13-,14-,15?,17?/m1/s1. The maximum atomic E-state index is 12.2. The average Bonchev–Trinajstić information content (AvgIpc) is 2.68. The van der Waals surface area contributed by atoms with E-state index in [2.05, 4.69) is 26.1 Å². The van der Waals surface area contributed by atoms with Crippen LogP contribution in [0.2, 0.25) is 0 Å². The summed E-state index contributed by atoms with van der Waals surface area (Å²) >= 11 is 0. The first kappa shape index (κ1) is 16.6. The van der Waals surface area contributed by atoms with Gasteiger partial charge in [-0.25, -0.2) is 4.79 Å². The van der Waals surface area contributed by atoms with E-state index in [-0.39, 0.29) is 23.8 Å². The Kier molecular flexibility index (Phi) is 5.18. The molecule has 3 unspecified atom stereocenters. The van der Waals surface area contributed by atoms with Gasteiger partial charge in [-0.2, -0.15) is 0 Å². The van der Waals surface area contributed by atoms with Gasteiger partial charge in [0.05, 0.1) is 0 Å². The summed E-state index contributed by atoms with van der Waals surface area (Å²) in [5, 5.41) is 3.00. The minimum atomic E-state index is -0.295. The van der Waals surface area contributed by atoms with Crippen LogP contribution in [0.15, 0.2) is 0 Å². The summed E-state index contributed by atoms with van der Waals surface area (Å²) < 4.78 is 5.79. The van der Waals surface area contributed by atoms with Gasteiger partial charge in [0, 0.05) is 11.6 Å². The number of carbonyl (C=O) groups excluding carboxylic acids is 1. The van der Waals surface area contributed by atoms with Crippen LogP contribution in [-0.2, 0) is 4.74 Å². The largest absolute Gasteiger partial charge is 0.446 e. The van der Waals surface area contributed by atoms with E-state index in [1.165, 1.54) is 6.42 Å². The fourth-order valence-corrected chi connectivity index (χ4v) is 3.99. The van der Waals surface area contributed by atoms with Gasteiger partial charge in [0.25, 0.3) is 0 Å². The zero-order valence-electron chi connectivity index (χ0n) is 14.0. The molecule has 4 nitrogen and oxygen atoms in total. The highest BCUT2D eigenvalue weighted by atomic mass is 16.6. The minimum absolute atomic E-state index is 0.0449. The molecule has 0 radical (unpaired) electrons. The second-order valence-corrected chi connectivity index (χ2v) is 7.86. The van der Waals surface area contributed by atoms with Gasteiger partial charge in [-0.05, 0) is 56.8 Å². The van der Waals surface area contributed by atoms with Gasteiger partial charge < -0.3 is 15.8 Å². The maximum absolute atomic E-state index is 12.2. The molecule has 0 aromatic carbocycles. The lowest BCUT2D eigenvalue weighted by Crippen LogP contribution is -2.53. The second kappa shape index (κ2) is 6.55. The third kappa shape index (κ3) is 4.12. The first-order valence-electron chi connectivity index (χ1n) is 8.55. The highest BCUT2D eigenvalue weighted by molar-refractivity contribution is 5.68. The molecule has 2 rings (SSSR count). The van der Waals surface area contributed by atoms with Crippen LogP contribution in [0.1, 0.15) is 66.2 Å². The van der Waals surface area contributed by atoms with Gasteiger partial charge in [0.1, 0.15) is 6.10 Å². The fourth-order valence-electron chi connectivity index (χ4n) is 3.99. The van der Waals surface area contributed by atoms with Gasteiger partial charge >= 0.3 is 6.09 Å². The summed E-state index contributed by atoms with van der Waals surface area (Å²) in [6, 6.07) is 0.0449. The molecule has 0 aromatic rings. The normalized spacial score (nSPS) is 40.3. The predicted molar refractivity (Wildman–Crippen MR) is 85.0 cm³/mol. The molecule has 2 saturated carbocycles. The van der Waals surface area contributed by atoms with Crippen LogP contribution in [0, 0.1) is 17.8 Å². The molecule has 0 saturated heterocycles. The van der Waals surface area contributed by atoms with Crippen molar-refractivity contribution in [3.8, 4) is 0 Å². The molecule has 122 valence electrons. The summed E-state index contributed by atoms with van der Waals surface area (Å²) in [6.07, 6.45) is 6.17. The van der Waals surface area contributed by atoms with Crippen LogP contribution >= 0.6 is 0 Å². The molecule has 0 spiro atoms. The van der Waals surface area contributed by atoms with E-state index < -0.39 is 0 Å². The molecule has 0 aliphatic heterocycles. The van der Waals surface area contributed by atoms with Crippen molar-refractivity contribution in [3.63, 3.8) is 0 Å². The van der Waals surface area contributed by atoms with E-state index in [9.17, 15) is 4.79 Å². The smallest absolute Gasteiger partial charge is 0.407 e. The molecule has 21 heavy (non-hydrogen) atoms. The number of amides is 1. The average molecular weight is 296 g/mol. The maximum Gasteiger partial charge on any atom is 0.407 e. The zero-order chi connectivity index (χ0) is 15.6. The first-order chi connectivity index (χ1) is 9.79. The SMILES string of the molecule is CC1CC[C@H](C(C)C)[C@H](OC(=O)NC2CCCC2(C)N)C1. The van der Waals surface area contributed by atoms with Crippen LogP contribution in [0.4, 0.5) is 4.79 Å². The Balaban J connectivity index is 1.91. The van der Waals surface area contributed by atoms with Gasteiger partial charge in [-0.3, -0.25) is 0 Å². The Morgan fingerprint density at radius 2 is 2.05 bits per heavy atom. The molecule has 1 amide bonds. The number of rotatable bonds is 3. The van der Waals surface area contributed by atoms with E-state index in [1.807, 2.05) is 6.92 Å². The van der Waals surface area contributed by atoms with Crippen molar-refractivity contribution in [3.05, 3.63) is 0 Å². The molecule has 5 atom stereocenters. The molecule has 0 heterocycles. The van der Waals surface area contributed by atoms with Gasteiger partial charge in [-0.1, -0.05) is 27.2 Å². The van der Waals surface area contributed by atoms with E-state index in [4.69, 9.17) is 10.5 Å². The Hall–Kier alpha value is -0.770. The van der Waals surface area contributed by atoms with E-state index >= 15 is 0 Å². The van der Waals surface area contributed by atoms with Gasteiger partial charge in [0.15, 0.2) is 0 Å². The minimum Gasteiger partial charge on any atom is -0.446 e. The number of carbonyl (C=O) groups is 1. The van der Waals surface area contributed by atoms with Crippen molar-refractivity contribution in [2.24, 2.45) is 23.5 Å². The van der Waals surface area contributed by atoms with E-state index in [0.29, 0.717) is 17.8 Å². The molecule has 2 aliphatic rings. The molecule has 4 heteroatoms. The van der Waals surface area contributed by atoms with E-state index in [1.54, 1.807) is 0 Å². The van der Waals surface area contributed by atoms with Crippen LogP contribution in [0.3, 0.4) is 0 Å². The number of hydrogen-bond donors (Lipinski definition) is 2. The Morgan fingerprint density at radius 3 is 2.62 bits per heavy atom. The van der Waals surface area contributed by atoms with Crippen LogP contribution in [0.25, 0.3) is 0 Å². The quantitative estimate of drug-likeness (QED) is 0.838. The van der Waals surface area contributed by atoms with Gasteiger partial charge in [-0.15, -0.1) is 0 Å². The first-order valence-corrected chi connectivity index (χ1v) is 8.55. The third-order valence-electron chi connectivity index (χ3n) is 5.52. The molecule has 0 bridgehead atoms. The van der Waals surface area contributed by atoms with Crippen molar-refractivity contribution < 1.29 is 9.53 Å². The Bertz CT molecular complexity index is 368. The lowest BCUT2D eigenvalue weighted by atomic mass is 9.75.